The average Bonchev–Trinajstić information content (AvgIpc) is 2.67. The number of halogens is 1. The van der Waals surface area contributed by atoms with E-state index in [1.807, 2.05) is 13.0 Å². The second kappa shape index (κ2) is 4.55. The molecule has 0 unspecified atom stereocenters. The Balaban J connectivity index is 2.33. The lowest BCUT2D eigenvalue weighted by molar-refractivity contribution is -0.114. The number of anilines is 1. The molecule has 0 aliphatic carbocycles. The summed E-state index contributed by atoms with van der Waals surface area (Å²) in [5.41, 5.74) is 1.38. The van der Waals surface area contributed by atoms with Crippen LogP contribution in [0.1, 0.15) is 12.7 Å². The second-order valence-electron chi connectivity index (χ2n) is 3.58. The predicted molar refractivity (Wildman–Crippen MR) is 65.4 cm³/mol. The van der Waals surface area contributed by atoms with Crippen molar-refractivity contribution >= 4 is 23.2 Å². The number of aryl methyl sites for hydroxylation is 1. The average molecular weight is 251 g/mol. The number of amides is 1. The van der Waals surface area contributed by atoms with E-state index in [1.165, 1.54) is 6.92 Å². The van der Waals surface area contributed by atoms with Crippen molar-refractivity contribution in [1.82, 2.24) is 14.8 Å². The first-order chi connectivity index (χ1) is 8.06. The van der Waals surface area contributed by atoms with Gasteiger partial charge in [0.05, 0.1) is 16.4 Å². The van der Waals surface area contributed by atoms with E-state index >= 15 is 0 Å². The van der Waals surface area contributed by atoms with Gasteiger partial charge in [0, 0.05) is 6.92 Å². The van der Waals surface area contributed by atoms with Gasteiger partial charge in [0.2, 0.25) is 5.91 Å². The van der Waals surface area contributed by atoms with Gasteiger partial charge in [-0.2, -0.15) is 5.10 Å². The molecule has 0 saturated carbocycles. The van der Waals surface area contributed by atoms with E-state index in [-0.39, 0.29) is 5.91 Å². The van der Waals surface area contributed by atoms with Crippen LogP contribution in [0.4, 0.5) is 5.69 Å². The molecule has 0 fully saturated rings. The van der Waals surface area contributed by atoms with Gasteiger partial charge in [-0.05, 0) is 25.1 Å². The maximum Gasteiger partial charge on any atom is 0.221 e. The molecule has 5 nitrogen and oxygen atoms in total. The highest BCUT2D eigenvalue weighted by Gasteiger charge is 2.05. The summed E-state index contributed by atoms with van der Waals surface area (Å²) in [5, 5.41) is 7.28. The number of aromatic nitrogens is 3. The Bertz CT molecular complexity index is 564. The van der Waals surface area contributed by atoms with Crippen LogP contribution in [-0.2, 0) is 4.79 Å². The number of nitrogens with one attached hydrogen (secondary N) is 1. The number of rotatable bonds is 2. The van der Waals surface area contributed by atoms with Crippen LogP contribution in [0.2, 0.25) is 5.02 Å². The van der Waals surface area contributed by atoms with E-state index in [4.69, 9.17) is 11.6 Å². The van der Waals surface area contributed by atoms with Gasteiger partial charge >= 0.3 is 0 Å². The van der Waals surface area contributed by atoms with Gasteiger partial charge in [-0.25, -0.2) is 9.67 Å². The van der Waals surface area contributed by atoms with Gasteiger partial charge < -0.3 is 5.32 Å². The number of nitrogens with zero attached hydrogens (tertiary/aromatic N) is 3. The normalized spacial score (nSPS) is 10.3. The van der Waals surface area contributed by atoms with Crippen LogP contribution in [-0.4, -0.2) is 20.7 Å². The molecule has 1 heterocycles. The summed E-state index contributed by atoms with van der Waals surface area (Å²) in [5.74, 6) is 0.531. The van der Waals surface area contributed by atoms with Crippen LogP contribution in [0, 0.1) is 6.92 Å². The molecule has 0 atom stereocenters. The van der Waals surface area contributed by atoms with Gasteiger partial charge in [0.15, 0.2) is 0 Å². The molecular formula is C11H11ClN4O. The Labute approximate surface area is 103 Å². The molecular weight excluding hydrogens is 240 g/mol. The summed E-state index contributed by atoms with van der Waals surface area (Å²) in [6.07, 6.45) is 1.61. The van der Waals surface area contributed by atoms with E-state index < -0.39 is 0 Å². The third-order valence-corrected chi connectivity index (χ3v) is 2.45. The molecule has 0 bridgehead atoms. The zero-order valence-electron chi connectivity index (χ0n) is 9.44. The fourth-order valence-corrected chi connectivity index (χ4v) is 1.63. The molecule has 0 radical (unpaired) electrons. The minimum atomic E-state index is -0.156. The number of hydrogen-bond acceptors (Lipinski definition) is 3. The Morgan fingerprint density at radius 2 is 2.24 bits per heavy atom. The molecule has 17 heavy (non-hydrogen) atoms. The minimum Gasteiger partial charge on any atom is -0.325 e. The Kier molecular flexibility index (Phi) is 3.10. The van der Waals surface area contributed by atoms with Crippen LogP contribution in [0.5, 0.6) is 0 Å². The van der Waals surface area contributed by atoms with Crippen molar-refractivity contribution in [2.24, 2.45) is 0 Å². The third-order valence-electron chi connectivity index (χ3n) is 2.13. The molecule has 1 N–H and O–H groups in total. The molecule has 0 spiro atoms. The van der Waals surface area contributed by atoms with E-state index in [0.717, 1.165) is 5.69 Å². The third kappa shape index (κ3) is 2.62. The lowest BCUT2D eigenvalue weighted by atomic mass is 10.3. The molecule has 2 rings (SSSR count). The number of hydrogen-bond donors (Lipinski definition) is 1. The lowest BCUT2D eigenvalue weighted by Gasteiger charge is -2.07. The molecule has 88 valence electrons. The van der Waals surface area contributed by atoms with Gasteiger partial charge in [-0.1, -0.05) is 11.6 Å². The summed E-state index contributed by atoms with van der Waals surface area (Å²) in [7, 11) is 0. The van der Waals surface area contributed by atoms with Crippen molar-refractivity contribution in [3.8, 4) is 5.69 Å². The largest absolute Gasteiger partial charge is 0.325 e. The van der Waals surface area contributed by atoms with Gasteiger partial charge in [0.1, 0.15) is 12.2 Å². The minimum absolute atomic E-state index is 0.156. The van der Waals surface area contributed by atoms with Crippen molar-refractivity contribution in [1.29, 1.82) is 0 Å². The van der Waals surface area contributed by atoms with Gasteiger partial charge in [-0.3, -0.25) is 4.79 Å². The molecule has 0 aliphatic heterocycles. The Morgan fingerprint density at radius 3 is 2.76 bits per heavy atom. The first-order valence-electron chi connectivity index (χ1n) is 5.02. The first-order valence-corrected chi connectivity index (χ1v) is 5.40. The van der Waals surface area contributed by atoms with Crippen LogP contribution in [0.3, 0.4) is 0 Å². The fraction of sp³-hybridized carbons (Fsp3) is 0.182. The fourth-order valence-electron chi connectivity index (χ4n) is 1.41. The summed E-state index contributed by atoms with van der Waals surface area (Å²) >= 11 is 6.05. The highest BCUT2D eigenvalue weighted by Crippen LogP contribution is 2.24. The monoisotopic (exact) mass is 250 g/mol. The molecule has 0 saturated heterocycles. The molecule has 1 aromatic carbocycles. The van der Waals surface area contributed by atoms with Gasteiger partial charge in [-0.15, -0.1) is 0 Å². The van der Waals surface area contributed by atoms with Crippen molar-refractivity contribution in [3.05, 3.63) is 35.4 Å². The SMILES string of the molecule is CC(=O)Nc1ccc(-n2cnc(C)n2)cc1Cl. The quantitative estimate of drug-likeness (QED) is 0.889. The number of benzene rings is 1. The molecule has 1 amide bonds. The smallest absolute Gasteiger partial charge is 0.221 e. The molecule has 6 heteroatoms. The van der Waals surface area contributed by atoms with E-state index in [2.05, 4.69) is 15.4 Å². The van der Waals surface area contributed by atoms with Gasteiger partial charge in [0.25, 0.3) is 0 Å². The maximum absolute atomic E-state index is 10.9. The summed E-state index contributed by atoms with van der Waals surface area (Å²) in [6, 6.07) is 5.27. The van der Waals surface area contributed by atoms with Crippen LogP contribution < -0.4 is 5.32 Å². The van der Waals surface area contributed by atoms with Crippen molar-refractivity contribution < 1.29 is 4.79 Å². The van der Waals surface area contributed by atoms with Crippen molar-refractivity contribution in [2.75, 3.05) is 5.32 Å². The summed E-state index contributed by atoms with van der Waals surface area (Å²) < 4.78 is 1.62. The second-order valence-corrected chi connectivity index (χ2v) is 3.99. The highest BCUT2D eigenvalue weighted by molar-refractivity contribution is 6.33. The Hall–Kier alpha value is -1.88. The van der Waals surface area contributed by atoms with Crippen LogP contribution in [0.15, 0.2) is 24.5 Å². The predicted octanol–water partition coefficient (Wildman–Crippen LogP) is 2.19. The van der Waals surface area contributed by atoms with Crippen molar-refractivity contribution in [2.45, 2.75) is 13.8 Å². The lowest BCUT2D eigenvalue weighted by Crippen LogP contribution is -2.06. The zero-order valence-corrected chi connectivity index (χ0v) is 10.2. The van der Waals surface area contributed by atoms with Crippen molar-refractivity contribution in [3.63, 3.8) is 0 Å². The van der Waals surface area contributed by atoms with E-state index in [1.54, 1.807) is 23.1 Å². The Morgan fingerprint density at radius 1 is 1.47 bits per heavy atom. The summed E-state index contributed by atoms with van der Waals surface area (Å²) in [4.78, 5) is 15.0. The maximum atomic E-state index is 10.9. The summed E-state index contributed by atoms with van der Waals surface area (Å²) in [6.45, 7) is 3.24. The zero-order chi connectivity index (χ0) is 12.4. The molecule has 1 aromatic heterocycles. The molecule has 2 aromatic rings. The topological polar surface area (TPSA) is 59.8 Å². The first kappa shape index (κ1) is 11.6. The van der Waals surface area contributed by atoms with E-state index in [0.29, 0.717) is 16.5 Å². The van der Waals surface area contributed by atoms with E-state index in [9.17, 15) is 4.79 Å². The van der Waals surface area contributed by atoms with Crippen LogP contribution >= 0.6 is 11.6 Å². The highest BCUT2D eigenvalue weighted by atomic mass is 35.5. The van der Waals surface area contributed by atoms with Crippen LogP contribution in [0.25, 0.3) is 5.69 Å². The standard InChI is InChI=1S/C11H11ClN4O/c1-7-13-6-16(15-7)9-3-4-11(10(12)5-9)14-8(2)17/h3-6H,1-2H3,(H,14,17). The number of carbonyl (C=O) groups excluding carboxylic acids is 1. The number of carbonyl (C=O) groups is 1. The molecule has 0 aliphatic rings.